The van der Waals surface area contributed by atoms with E-state index in [9.17, 15) is 20.0 Å². The van der Waals surface area contributed by atoms with Crippen LogP contribution < -0.4 is 9.47 Å². The zero-order valence-electron chi connectivity index (χ0n) is 15.7. The van der Waals surface area contributed by atoms with Gasteiger partial charge in [0.1, 0.15) is 22.9 Å². The molecule has 31 heavy (non-hydrogen) atoms. The zero-order valence-corrected chi connectivity index (χ0v) is 17.2. The smallest absolute Gasteiger partial charge is 0.349 e. The molecule has 3 aromatic carbocycles. The van der Waals surface area contributed by atoms with E-state index in [1.807, 2.05) is 0 Å². The summed E-state index contributed by atoms with van der Waals surface area (Å²) in [6, 6.07) is 14.6. The van der Waals surface area contributed by atoms with Gasteiger partial charge in [0.05, 0.1) is 9.95 Å². The molecule has 0 bridgehead atoms. The van der Waals surface area contributed by atoms with Crippen molar-refractivity contribution in [1.82, 2.24) is 0 Å². The van der Waals surface area contributed by atoms with Crippen LogP contribution in [0.4, 0.5) is 11.4 Å². The van der Waals surface area contributed by atoms with E-state index in [1.165, 1.54) is 24.4 Å². The largest absolute Gasteiger partial charge is 0.506 e. The minimum atomic E-state index is -0.690. The number of phenolic OH excluding ortho intramolecular Hbond substituents is 1. The van der Waals surface area contributed by atoms with Crippen molar-refractivity contribution in [2.24, 2.45) is 4.99 Å². The number of hydrogen-bond acceptors (Lipinski definition) is 7. The molecule has 1 N–H and O–H groups in total. The maximum Gasteiger partial charge on any atom is 0.349 e. The summed E-state index contributed by atoms with van der Waals surface area (Å²) >= 11 is 11.8. The standard InChI is InChI=1S/C21H14Cl2N2O6/c22-14-5-8-20(16(23)9-14)30-12-21(27)31-19-4-2-1-3-13(19)11-24-17-10-15(25(28)29)6-7-18(17)26/h1-11,26H,12H2. The monoisotopic (exact) mass is 460 g/mol. The van der Waals surface area contributed by atoms with Crippen LogP contribution in [0, 0.1) is 10.1 Å². The average Bonchev–Trinajstić information content (AvgIpc) is 2.73. The van der Waals surface area contributed by atoms with Gasteiger partial charge >= 0.3 is 5.97 Å². The predicted octanol–water partition coefficient (Wildman–Crippen LogP) is 5.34. The number of hydrogen-bond donors (Lipinski definition) is 1. The molecule has 0 fully saturated rings. The van der Waals surface area contributed by atoms with Gasteiger partial charge in [0, 0.05) is 28.9 Å². The maximum atomic E-state index is 12.2. The highest BCUT2D eigenvalue weighted by Crippen LogP contribution is 2.31. The molecule has 0 unspecified atom stereocenters. The molecule has 0 aliphatic heterocycles. The highest BCUT2D eigenvalue weighted by molar-refractivity contribution is 6.35. The summed E-state index contributed by atoms with van der Waals surface area (Å²) in [5.74, 6) is -0.458. The van der Waals surface area contributed by atoms with Crippen LogP contribution in [-0.4, -0.2) is 28.8 Å². The molecule has 0 aliphatic carbocycles. The summed E-state index contributed by atoms with van der Waals surface area (Å²) < 4.78 is 10.7. The lowest BCUT2D eigenvalue weighted by Gasteiger charge is -2.10. The Morgan fingerprint density at radius 2 is 1.87 bits per heavy atom. The van der Waals surface area contributed by atoms with E-state index in [2.05, 4.69) is 4.99 Å². The fourth-order valence-corrected chi connectivity index (χ4v) is 2.89. The van der Waals surface area contributed by atoms with Crippen LogP contribution >= 0.6 is 23.2 Å². The average molecular weight is 461 g/mol. The SMILES string of the molecule is O=C(COc1ccc(Cl)cc1Cl)Oc1ccccc1C=Nc1cc([N+](=O)[O-])ccc1O. The number of phenols is 1. The van der Waals surface area contributed by atoms with Crippen molar-refractivity contribution in [3.8, 4) is 17.2 Å². The highest BCUT2D eigenvalue weighted by atomic mass is 35.5. The molecule has 8 nitrogen and oxygen atoms in total. The van der Waals surface area contributed by atoms with E-state index in [0.717, 1.165) is 12.1 Å². The van der Waals surface area contributed by atoms with Gasteiger partial charge in [-0.3, -0.25) is 15.1 Å². The number of nitrogens with zero attached hydrogens (tertiary/aromatic N) is 2. The van der Waals surface area contributed by atoms with E-state index in [4.69, 9.17) is 32.7 Å². The summed E-state index contributed by atoms with van der Waals surface area (Å²) in [5.41, 5.74) is 0.185. The molecule has 0 spiro atoms. The summed E-state index contributed by atoms with van der Waals surface area (Å²) in [5, 5.41) is 21.5. The zero-order chi connectivity index (χ0) is 22.4. The molecule has 3 rings (SSSR count). The Morgan fingerprint density at radius 3 is 2.61 bits per heavy atom. The maximum absolute atomic E-state index is 12.2. The van der Waals surface area contributed by atoms with E-state index < -0.39 is 17.5 Å². The molecular formula is C21H14Cl2N2O6. The number of para-hydroxylation sites is 1. The fraction of sp³-hybridized carbons (Fsp3) is 0.0476. The normalized spacial score (nSPS) is 10.8. The Bertz CT molecular complexity index is 1170. The number of carbonyl (C=O) groups excluding carboxylic acids is 1. The minimum Gasteiger partial charge on any atom is -0.506 e. The van der Waals surface area contributed by atoms with E-state index >= 15 is 0 Å². The van der Waals surface area contributed by atoms with Gasteiger partial charge in [-0.15, -0.1) is 0 Å². The van der Waals surface area contributed by atoms with Crippen molar-refractivity contribution in [2.45, 2.75) is 0 Å². The molecule has 0 saturated carbocycles. The fourth-order valence-electron chi connectivity index (χ4n) is 2.43. The van der Waals surface area contributed by atoms with Crippen LogP contribution in [0.5, 0.6) is 17.2 Å². The third-order valence-electron chi connectivity index (χ3n) is 3.89. The molecule has 158 valence electrons. The van der Waals surface area contributed by atoms with E-state index in [-0.39, 0.29) is 33.6 Å². The lowest BCUT2D eigenvalue weighted by atomic mass is 10.2. The number of esters is 1. The second-order valence-electron chi connectivity index (χ2n) is 6.06. The number of non-ortho nitro benzene ring substituents is 1. The number of rotatable bonds is 7. The molecular weight excluding hydrogens is 447 g/mol. The Balaban J connectivity index is 1.72. The van der Waals surface area contributed by atoms with Gasteiger partial charge in [-0.1, -0.05) is 35.3 Å². The van der Waals surface area contributed by atoms with Gasteiger partial charge in [0.2, 0.25) is 0 Å². The third-order valence-corrected chi connectivity index (χ3v) is 4.43. The topological polar surface area (TPSA) is 111 Å². The Hall–Kier alpha value is -3.62. The molecule has 0 aromatic heterocycles. The first kappa shape index (κ1) is 22.1. The Labute approximate surface area is 186 Å². The summed E-state index contributed by atoms with van der Waals surface area (Å²) in [7, 11) is 0. The lowest BCUT2D eigenvalue weighted by molar-refractivity contribution is -0.384. The number of aromatic hydroxyl groups is 1. The number of nitro groups is 1. The molecule has 10 heteroatoms. The van der Waals surface area contributed by atoms with Crippen molar-refractivity contribution in [3.63, 3.8) is 0 Å². The molecule has 0 atom stereocenters. The number of benzene rings is 3. The van der Waals surface area contributed by atoms with Gasteiger partial charge in [-0.05, 0) is 36.4 Å². The molecule has 0 amide bonds. The summed E-state index contributed by atoms with van der Waals surface area (Å²) in [6.45, 7) is -0.404. The Kier molecular flexibility index (Phi) is 7.07. The van der Waals surface area contributed by atoms with Crippen LogP contribution in [0.3, 0.4) is 0 Å². The van der Waals surface area contributed by atoms with Gasteiger partial charge < -0.3 is 14.6 Å². The van der Waals surface area contributed by atoms with Crippen LogP contribution in [0.2, 0.25) is 10.0 Å². The van der Waals surface area contributed by atoms with Crippen molar-refractivity contribution < 1.29 is 24.3 Å². The van der Waals surface area contributed by atoms with Gasteiger partial charge in [-0.25, -0.2) is 4.79 Å². The molecule has 0 saturated heterocycles. The summed E-state index contributed by atoms with van der Waals surface area (Å²) in [6.07, 6.45) is 1.32. The first-order valence-corrected chi connectivity index (χ1v) is 9.48. The van der Waals surface area contributed by atoms with Crippen molar-refractivity contribution in [3.05, 3.63) is 86.4 Å². The van der Waals surface area contributed by atoms with E-state index in [1.54, 1.807) is 30.3 Å². The molecule has 3 aromatic rings. The number of ether oxygens (including phenoxy) is 2. The summed E-state index contributed by atoms with van der Waals surface area (Å²) in [4.78, 5) is 26.6. The first-order chi connectivity index (χ1) is 14.8. The molecule has 0 heterocycles. The minimum absolute atomic E-state index is 0.00366. The van der Waals surface area contributed by atoms with Gasteiger partial charge in [0.25, 0.3) is 5.69 Å². The van der Waals surface area contributed by atoms with Crippen molar-refractivity contribution in [2.75, 3.05) is 6.61 Å². The first-order valence-electron chi connectivity index (χ1n) is 8.72. The number of halogens is 2. The second-order valence-corrected chi connectivity index (χ2v) is 6.91. The van der Waals surface area contributed by atoms with Crippen LogP contribution in [-0.2, 0) is 4.79 Å². The van der Waals surface area contributed by atoms with Crippen LogP contribution in [0.25, 0.3) is 0 Å². The number of aliphatic imine (C=N–C) groups is 1. The third kappa shape index (κ3) is 5.94. The highest BCUT2D eigenvalue weighted by Gasteiger charge is 2.12. The molecule has 0 aliphatic rings. The van der Waals surface area contributed by atoms with Crippen molar-refractivity contribution in [1.29, 1.82) is 0 Å². The van der Waals surface area contributed by atoms with Gasteiger partial charge in [0.15, 0.2) is 6.61 Å². The van der Waals surface area contributed by atoms with Crippen molar-refractivity contribution >= 4 is 46.8 Å². The lowest BCUT2D eigenvalue weighted by Crippen LogP contribution is -2.18. The Morgan fingerprint density at radius 1 is 1.10 bits per heavy atom. The number of nitro benzene ring substituents is 1. The molecule has 0 radical (unpaired) electrons. The predicted molar refractivity (Wildman–Crippen MR) is 116 cm³/mol. The van der Waals surface area contributed by atoms with Crippen LogP contribution in [0.15, 0.2) is 65.7 Å². The van der Waals surface area contributed by atoms with Crippen LogP contribution in [0.1, 0.15) is 5.56 Å². The van der Waals surface area contributed by atoms with E-state index in [0.29, 0.717) is 10.6 Å². The quantitative estimate of drug-likeness (QED) is 0.167. The van der Waals surface area contributed by atoms with Gasteiger partial charge in [-0.2, -0.15) is 0 Å². The second kappa shape index (κ2) is 9.92. The number of carbonyl (C=O) groups is 1.